The van der Waals surface area contributed by atoms with Gasteiger partial charge in [0, 0.05) is 71.6 Å². The largest absolute Gasteiger partial charge is 0.491 e. The maximum Gasteiger partial charge on any atom is 0.275 e. The van der Waals surface area contributed by atoms with Crippen LogP contribution in [0.15, 0.2) is 174 Å². The molecule has 3 amide bonds. The number of carbonyl (C=O) groups excluding carboxylic acids is 3. The highest BCUT2D eigenvalue weighted by molar-refractivity contribution is 7.90. The minimum Gasteiger partial charge on any atom is -0.491 e. The van der Waals surface area contributed by atoms with Crippen molar-refractivity contribution in [2.45, 2.75) is 35.5 Å². The van der Waals surface area contributed by atoms with E-state index < -0.39 is 118 Å². The predicted molar refractivity (Wildman–Crippen MR) is 425 cm³/mol. The molecular formula is C75H87F6N15O18S3. The number of carbonyl (C=O) groups is 3. The summed E-state index contributed by atoms with van der Waals surface area (Å²) in [4.78, 5) is 45.8. The number of sulfonamides is 3. The van der Waals surface area contributed by atoms with Gasteiger partial charge in [-0.3, -0.25) is 14.4 Å². The van der Waals surface area contributed by atoms with Crippen LogP contribution in [0.3, 0.4) is 0 Å². The van der Waals surface area contributed by atoms with Crippen molar-refractivity contribution >= 4 is 118 Å². The van der Waals surface area contributed by atoms with E-state index >= 15 is 26.3 Å². The number of hydrogen-bond donors (Lipinski definition) is 12. The van der Waals surface area contributed by atoms with Gasteiger partial charge in [-0.15, -0.1) is 0 Å². The van der Waals surface area contributed by atoms with Crippen LogP contribution in [0, 0.1) is 34.9 Å². The highest BCUT2D eigenvalue weighted by Crippen LogP contribution is 2.32. The highest BCUT2D eigenvalue weighted by Gasteiger charge is 2.21. The fraction of sp³-hybridized carbons (Fsp3) is 0.280. The fourth-order valence-corrected chi connectivity index (χ4v) is 13.0. The standard InChI is InChI=1S/C75H87F6N15O18S3/c1-46(70(97)94-73(82)83)34-49-37-61(76)67(62(77)38-49)91-52-4-10-58(11-5-52)115(100,101)88-16-19-106-22-25-109-28-31-112-55-43-56(113-32-29-110-26-23-107-20-17-89-116(102,103)59-12-6-53(7-13-59)92-68-63(78)39-50(40-64(68)79)35-47(2)71(98)95-74(84)85)45-57(44-55)114-33-30-111-27-24-108-21-18-90-117(104,105)60-14-8-54(9-15-60)93-69-65(80)41-51(42-66(69)81)36-48(3)72(99)96-75(86)87/h4-15,34-45,88-93H,16-33H2,1-3H3,(H4,82,83,94,97)(H4,84,85,95,98)(H4,86,87,96,99)/b46-34+,47-35+,48-36+. The molecule has 7 aromatic carbocycles. The van der Waals surface area contributed by atoms with E-state index in [1.807, 2.05) is 0 Å². The third-order valence-electron chi connectivity index (χ3n) is 15.4. The first-order chi connectivity index (χ1) is 55.6. The van der Waals surface area contributed by atoms with Crippen molar-refractivity contribution in [3.63, 3.8) is 0 Å². The van der Waals surface area contributed by atoms with Gasteiger partial charge in [-0.2, -0.15) is 15.0 Å². The van der Waals surface area contributed by atoms with E-state index in [-0.39, 0.29) is 184 Å². The third-order valence-corrected chi connectivity index (χ3v) is 19.9. The number of hydrogen-bond acceptors (Lipinski definition) is 21. The van der Waals surface area contributed by atoms with E-state index in [4.69, 9.17) is 77.0 Å². The number of amides is 3. The number of benzene rings is 7. The molecule has 42 heteroatoms. The van der Waals surface area contributed by atoms with Gasteiger partial charge in [-0.25, -0.2) is 65.8 Å². The molecule has 0 saturated heterocycles. The molecule has 0 spiro atoms. The Bertz CT molecular complexity index is 4560. The number of aliphatic imine (C=N–C) groups is 3. The summed E-state index contributed by atoms with van der Waals surface area (Å²) in [6.45, 7) is 4.74. The highest BCUT2D eigenvalue weighted by atomic mass is 32.2. The molecule has 33 nitrogen and oxygen atoms in total. The minimum absolute atomic E-state index is 0.0169. The fourth-order valence-electron chi connectivity index (χ4n) is 9.93. The number of rotatable bonds is 48. The van der Waals surface area contributed by atoms with E-state index in [1.54, 1.807) is 18.2 Å². The van der Waals surface area contributed by atoms with Crippen molar-refractivity contribution in [3.8, 4) is 17.2 Å². The van der Waals surface area contributed by atoms with Crippen molar-refractivity contribution in [2.75, 3.05) is 135 Å². The number of ether oxygens (including phenoxy) is 9. The van der Waals surface area contributed by atoms with Gasteiger partial charge in [0.2, 0.25) is 30.1 Å². The number of nitrogens with zero attached hydrogens (tertiary/aromatic N) is 3. The Morgan fingerprint density at radius 2 is 0.530 bits per heavy atom. The Hall–Kier alpha value is -11.6. The Labute approximate surface area is 670 Å². The molecule has 117 heavy (non-hydrogen) atoms. The molecule has 0 fully saturated rings. The van der Waals surface area contributed by atoms with Crippen LogP contribution in [-0.4, -0.2) is 180 Å². The van der Waals surface area contributed by atoms with Crippen LogP contribution in [-0.2, 0) is 72.9 Å². The first-order valence-electron chi connectivity index (χ1n) is 35.2. The zero-order valence-corrected chi connectivity index (χ0v) is 65.7. The maximum absolute atomic E-state index is 15.0. The topological polar surface area (TPSA) is 502 Å². The number of guanidine groups is 3. The summed E-state index contributed by atoms with van der Waals surface area (Å²) in [5.41, 5.74) is 30.4. The Kier molecular flexibility index (Phi) is 36.2. The van der Waals surface area contributed by atoms with Gasteiger partial charge in [0.25, 0.3) is 17.7 Å². The van der Waals surface area contributed by atoms with Gasteiger partial charge >= 0.3 is 0 Å². The van der Waals surface area contributed by atoms with Crippen molar-refractivity contribution in [3.05, 3.63) is 196 Å². The van der Waals surface area contributed by atoms with Crippen LogP contribution in [0.2, 0.25) is 0 Å². The molecule has 0 saturated carbocycles. The summed E-state index contributed by atoms with van der Waals surface area (Å²) < 4.78 is 227. The lowest BCUT2D eigenvalue weighted by atomic mass is 10.1. The lowest BCUT2D eigenvalue weighted by molar-refractivity contribution is -0.115. The minimum atomic E-state index is -4.03. The van der Waals surface area contributed by atoms with E-state index in [0.29, 0.717) is 17.2 Å². The molecular weight excluding hydrogens is 1610 g/mol. The van der Waals surface area contributed by atoms with Crippen LogP contribution in [0.1, 0.15) is 37.5 Å². The number of halogens is 6. The molecule has 0 aromatic heterocycles. The molecule has 7 aromatic rings. The van der Waals surface area contributed by atoms with E-state index in [9.17, 15) is 39.6 Å². The molecule has 0 bridgehead atoms. The lowest BCUT2D eigenvalue weighted by Gasteiger charge is -2.14. The van der Waals surface area contributed by atoms with Crippen molar-refractivity contribution < 1.29 is 109 Å². The number of nitrogens with one attached hydrogen (secondary N) is 6. The quantitative estimate of drug-likeness (QED) is 0.00633. The zero-order chi connectivity index (χ0) is 85.2. The SMILES string of the molecule is C/C(=C\c1cc(F)c(Nc2ccc(S(=O)(=O)NCCOCCOCCOc3cc(OCCOCCOCCNS(=O)(=O)c4ccc(Nc5c(F)cc(/C=C(\C)C(=O)N=C(N)N)cc5F)cc4)cc(OCCOCCOCCNS(=O)(=O)c4ccc(Nc5c(F)cc(/C=C(\C)C(=O)N=C(N)N)cc5F)cc4)c3)cc2)c(F)c1)C(=O)N=C(N)N. The lowest BCUT2D eigenvalue weighted by Crippen LogP contribution is -2.27. The van der Waals surface area contributed by atoms with E-state index in [2.05, 4.69) is 45.1 Å². The second kappa shape index (κ2) is 45.7. The molecule has 0 aliphatic rings. The maximum atomic E-state index is 15.0. The smallest absolute Gasteiger partial charge is 0.275 e. The van der Waals surface area contributed by atoms with Gasteiger partial charge in [0.05, 0.1) is 94.0 Å². The van der Waals surface area contributed by atoms with Crippen LogP contribution in [0.4, 0.5) is 60.5 Å². The molecule has 0 aliphatic heterocycles. The average molecular weight is 1700 g/mol. The van der Waals surface area contributed by atoms with Crippen molar-refractivity contribution in [1.82, 2.24) is 14.2 Å². The van der Waals surface area contributed by atoms with Crippen LogP contribution >= 0.6 is 0 Å². The molecule has 630 valence electrons. The van der Waals surface area contributed by atoms with Gasteiger partial charge in [-0.1, -0.05) is 0 Å². The normalized spacial score (nSPS) is 12.0. The van der Waals surface area contributed by atoms with Gasteiger partial charge in [-0.05, 0) is 165 Å². The van der Waals surface area contributed by atoms with Crippen molar-refractivity contribution in [2.24, 2.45) is 49.4 Å². The van der Waals surface area contributed by atoms with Gasteiger partial charge in [0.1, 0.15) is 89.0 Å². The molecule has 0 radical (unpaired) electrons. The molecule has 0 aliphatic carbocycles. The Balaban J connectivity index is 0.813. The van der Waals surface area contributed by atoms with Crippen LogP contribution < -0.4 is 78.7 Å². The summed E-state index contributed by atoms with van der Waals surface area (Å²) in [5.74, 6) is -8.81. The second-order valence-corrected chi connectivity index (χ2v) is 29.9. The Morgan fingerprint density at radius 3 is 0.744 bits per heavy atom. The summed E-state index contributed by atoms with van der Waals surface area (Å²) in [5, 5.41) is 7.75. The first-order valence-corrected chi connectivity index (χ1v) is 39.6. The number of nitrogens with two attached hydrogens (primary N) is 6. The molecule has 18 N–H and O–H groups in total. The van der Waals surface area contributed by atoms with Crippen molar-refractivity contribution in [1.29, 1.82) is 0 Å². The van der Waals surface area contributed by atoms with Crippen LogP contribution in [0.5, 0.6) is 17.2 Å². The third kappa shape index (κ3) is 31.5. The first kappa shape index (κ1) is 92.6. The predicted octanol–water partition coefficient (Wildman–Crippen LogP) is 6.53. The van der Waals surface area contributed by atoms with E-state index in [1.165, 1.54) is 112 Å². The van der Waals surface area contributed by atoms with Crippen LogP contribution in [0.25, 0.3) is 18.2 Å². The average Bonchev–Trinajstić information content (AvgIpc) is 0.816. The summed E-state index contributed by atoms with van der Waals surface area (Å²) >= 11 is 0. The molecule has 0 unspecified atom stereocenters. The summed E-state index contributed by atoms with van der Waals surface area (Å²) in [6, 6.07) is 26.0. The molecule has 0 atom stereocenters. The Morgan fingerprint density at radius 1 is 0.325 bits per heavy atom. The van der Waals surface area contributed by atoms with E-state index in [0.717, 1.165) is 36.4 Å². The monoisotopic (exact) mass is 1700 g/mol. The molecule has 7 rings (SSSR count). The zero-order valence-electron chi connectivity index (χ0n) is 63.2. The number of anilines is 6. The summed E-state index contributed by atoms with van der Waals surface area (Å²) in [7, 11) is -12.1. The molecule has 0 heterocycles. The van der Waals surface area contributed by atoms with Gasteiger partial charge in [0.15, 0.2) is 17.9 Å². The van der Waals surface area contributed by atoms with Gasteiger partial charge < -0.3 is 93.0 Å². The summed E-state index contributed by atoms with van der Waals surface area (Å²) in [6.07, 6.45) is 3.60. The second-order valence-electron chi connectivity index (χ2n) is 24.6.